The van der Waals surface area contributed by atoms with Gasteiger partial charge in [0.05, 0.1) is 17.4 Å². The molecule has 1 amide bonds. The summed E-state index contributed by atoms with van der Waals surface area (Å²) >= 11 is 0. The van der Waals surface area contributed by atoms with Gasteiger partial charge in [0, 0.05) is 33.0 Å². The number of carbonyl (C=O) groups excluding carboxylic acids is 1. The van der Waals surface area contributed by atoms with Gasteiger partial charge in [-0.15, -0.1) is 0 Å². The average molecular weight is 222 g/mol. The van der Waals surface area contributed by atoms with E-state index in [1.807, 2.05) is 13.8 Å². The molecule has 1 rings (SSSR count). The van der Waals surface area contributed by atoms with E-state index in [0.29, 0.717) is 6.54 Å². The fourth-order valence-corrected chi connectivity index (χ4v) is 1.24. The average Bonchev–Trinajstić information content (AvgIpc) is 2.26. The third kappa shape index (κ3) is 3.58. The van der Waals surface area contributed by atoms with E-state index in [4.69, 9.17) is 0 Å². The molecule has 0 aliphatic heterocycles. The molecule has 0 aromatic carbocycles. The summed E-state index contributed by atoms with van der Waals surface area (Å²) in [4.78, 5) is 21.5. The van der Waals surface area contributed by atoms with Crippen LogP contribution in [0.25, 0.3) is 0 Å². The summed E-state index contributed by atoms with van der Waals surface area (Å²) in [7, 11) is 3.48. The van der Waals surface area contributed by atoms with Crippen LogP contribution in [0.4, 0.5) is 0 Å². The Morgan fingerprint density at radius 1 is 1.44 bits per heavy atom. The Morgan fingerprint density at radius 2 is 2.12 bits per heavy atom. The van der Waals surface area contributed by atoms with Crippen LogP contribution in [0.5, 0.6) is 0 Å². The zero-order chi connectivity index (χ0) is 12.1. The molecule has 0 fully saturated rings. The van der Waals surface area contributed by atoms with Crippen LogP contribution in [0.3, 0.4) is 0 Å². The molecule has 5 heteroatoms. The number of rotatable bonds is 4. The van der Waals surface area contributed by atoms with E-state index in [2.05, 4.69) is 15.3 Å². The van der Waals surface area contributed by atoms with Crippen molar-refractivity contribution in [2.45, 2.75) is 26.4 Å². The first-order valence-electron chi connectivity index (χ1n) is 5.22. The third-order valence-corrected chi connectivity index (χ3v) is 2.23. The largest absolute Gasteiger partial charge is 0.347 e. The lowest BCUT2D eigenvalue weighted by atomic mass is 10.3. The summed E-state index contributed by atoms with van der Waals surface area (Å²) in [5, 5.41) is 3.11. The molecule has 5 nitrogen and oxygen atoms in total. The number of amides is 1. The Balaban J connectivity index is 2.45. The van der Waals surface area contributed by atoms with Crippen molar-refractivity contribution in [3.8, 4) is 0 Å². The van der Waals surface area contributed by atoms with Crippen molar-refractivity contribution in [3.63, 3.8) is 0 Å². The smallest absolute Gasteiger partial charge is 0.238 e. The second-order valence-electron chi connectivity index (χ2n) is 3.98. The van der Waals surface area contributed by atoms with Gasteiger partial charge in [-0.3, -0.25) is 14.8 Å². The molecule has 88 valence electrons. The molecule has 1 aromatic rings. The maximum Gasteiger partial charge on any atom is 0.238 e. The fraction of sp³-hybridized carbons (Fsp3) is 0.545. The van der Waals surface area contributed by atoms with Crippen LogP contribution in [-0.2, 0) is 11.3 Å². The zero-order valence-electron chi connectivity index (χ0n) is 10.2. The van der Waals surface area contributed by atoms with E-state index >= 15 is 0 Å². The van der Waals surface area contributed by atoms with Crippen LogP contribution in [-0.4, -0.2) is 40.9 Å². The van der Waals surface area contributed by atoms with Crippen molar-refractivity contribution in [2.24, 2.45) is 0 Å². The molecular formula is C11H18N4O. The number of carbonyl (C=O) groups is 1. The normalized spacial score (nSPS) is 12.2. The van der Waals surface area contributed by atoms with Crippen LogP contribution in [0.1, 0.15) is 18.3 Å². The lowest BCUT2D eigenvalue weighted by Gasteiger charge is -2.17. The predicted octanol–water partition coefficient (Wildman–Crippen LogP) is 0.351. The predicted molar refractivity (Wildman–Crippen MR) is 61.8 cm³/mol. The molecule has 0 spiro atoms. The standard InChI is InChI=1S/C11H18N4O/c1-8-5-14-10(6-12-8)7-13-9(2)11(16)15(3)4/h5-6,9,13H,7H2,1-4H3. The summed E-state index contributed by atoms with van der Waals surface area (Å²) < 4.78 is 0. The second kappa shape index (κ2) is 5.55. The third-order valence-electron chi connectivity index (χ3n) is 2.23. The Morgan fingerprint density at radius 3 is 2.62 bits per heavy atom. The summed E-state index contributed by atoms with van der Waals surface area (Å²) in [5.41, 5.74) is 1.73. The van der Waals surface area contributed by atoms with Gasteiger partial charge in [-0.2, -0.15) is 0 Å². The number of likely N-dealkylation sites (N-methyl/N-ethyl adjacent to an activating group) is 1. The van der Waals surface area contributed by atoms with Crippen molar-refractivity contribution in [2.75, 3.05) is 14.1 Å². The van der Waals surface area contributed by atoms with Crippen LogP contribution in [0, 0.1) is 6.92 Å². The number of nitrogens with zero attached hydrogens (tertiary/aromatic N) is 3. The Bertz CT molecular complexity index is 348. The van der Waals surface area contributed by atoms with Crippen molar-refractivity contribution in [3.05, 3.63) is 23.8 Å². The maximum atomic E-state index is 11.5. The molecule has 1 N–H and O–H groups in total. The first kappa shape index (κ1) is 12.6. The van der Waals surface area contributed by atoms with Gasteiger partial charge in [-0.05, 0) is 13.8 Å². The molecule has 1 aromatic heterocycles. The van der Waals surface area contributed by atoms with Gasteiger partial charge in [0.25, 0.3) is 0 Å². The molecule has 16 heavy (non-hydrogen) atoms. The summed E-state index contributed by atoms with van der Waals surface area (Å²) in [6, 6.07) is -0.210. The SMILES string of the molecule is Cc1cnc(CNC(C)C(=O)N(C)C)cn1. The molecule has 0 radical (unpaired) electrons. The lowest BCUT2D eigenvalue weighted by Crippen LogP contribution is -2.41. The molecule has 1 unspecified atom stereocenters. The van der Waals surface area contributed by atoms with Gasteiger partial charge in [-0.25, -0.2) is 0 Å². The van der Waals surface area contributed by atoms with Crippen LogP contribution < -0.4 is 5.32 Å². The van der Waals surface area contributed by atoms with E-state index in [1.165, 1.54) is 0 Å². The highest BCUT2D eigenvalue weighted by molar-refractivity contribution is 5.80. The van der Waals surface area contributed by atoms with Gasteiger partial charge in [0.15, 0.2) is 0 Å². The number of aryl methyl sites for hydroxylation is 1. The number of nitrogens with one attached hydrogen (secondary N) is 1. The highest BCUT2D eigenvalue weighted by atomic mass is 16.2. The van der Waals surface area contributed by atoms with Crippen molar-refractivity contribution in [1.29, 1.82) is 0 Å². The molecule has 0 saturated carbocycles. The number of hydrogen-bond acceptors (Lipinski definition) is 4. The Labute approximate surface area is 95.9 Å². The fourth-order valence-electron chi connectivity index (χ4n) is 1.24. The minimum Gasteiger partial charge on any atom is -0.347 e. The second-order valence-corrected chi connectivity index (χ2v) is 3.98. The molecule has 0 saturated heterocycles. The van der Waals surface area contributed by atoms with E-state index in [1.54, 1.807) is 31.4 Å². The number of hydrogen-bond donors (Lipinski definition) is 1. The number of aromatic nitrogens is 2. The topological polar surface area (TPSA) is 58.1 Å². The first-order chi connectivity index (χ1) is 7.50. The molecule has 1 atom stereocenters. The Kier molecular flexibility index (Phi) is 4.37. The molecular weight excluding hydrogens is 204 g/mol. The van der Waals surface area contributed by atoms with Gasteiger partial charge in [0.1, 0.15) is 0 Å². The van der Waals surface area contributed by atoms with Crippen LogP contribution >= 0.6 is 0 Å². The highest BCUT2D eigenvalue weighted by Gasteiger charge is 2.13. The lowest BCUT2D eigenvalue weighted by molar-refractivity contribution is -0.130. The van der Waals surface area contributed by atoms with Gasteiger partial charge in [-0.1, -0.05) is 0 Å². The summed E-state index contributed by atoms with van der Waals surface area (Å²) in [5.74, 6) is 0.0556. The van der Waals surface area contributed by atoms with Crippen LogP contribution in [0.15, 0.2) is 12.4 Å². The van der Waals surface area contributed by atoms with Crippen LogP contribution in [0.2, 0.25) is 0 Å². The van der Waals surface area contributed by atoms with Gasteiger partial charge < -0.3 is 10.2 Å². The minimum atomic E-state index is -0.210. The quantitative estimate of drug-likeness (QED) is 0.798. The highest BCUT2D eigenvalue weighted by Crippen LogP contribution is 1.95. The van der Waals surface area contributed by atoms with Gasteiger partial charge >= 0.3 is 0 Å². The van der Waals surface area contributed by atoms with E-state index in [9.17, 15) is 4.79 Å². The zero-order valence-corrected chi connectivity index (χ0v) is 10.2. The maximum absolute atomic E-state index is 11.5. The molecule has 0 bridgehead atoms. The first-order valence-corrected chi connectivity index (χ1v) is 5.22. The van der Waals surface area contributed by atoms with E-state index in [-0.39, 0.29) is 11.9 Å². The monoisotopic (exact) mass is 222 g/mol. The Hall–Kier alpha value is -1.49. The summed E-state index contributed by atoms with van der Waals surface area (Å²) in [6.45, 7) is 4.28. The van der Waals surface area contributed by atoms with E-state index < -0.39 is 0 Å². The van der Waals surface area contributed by atoms with Crippen molar-refractivity contribution in [1.82, 2.24) is 20.2 Å². The van der Waals surface area contributed by atoms with Crippen molar-refractivity contribution >= 4 is 5.91 Å². The molecule has 1 heterocycles. The summed E-state index contributed by atoms with van der Waals surface area (Å²) in [6.07, 6.45) is 3.44. The molecule has 0 aliphatic rings. The van der Waals surface area contributed by atoms with E-state index in [0.717, 1.165) is 11.4 Å². The van der Waals surface area contributed by atoms with Gasteiger partial charge in [0.2, 0.25) is 5.91 Å². The minimum absolute atomic E-state index is 0.0556. The van der Waals surface area contributed by atoms with Crippen molar-refractivity contribution < 1.29 is 4.79 Å². The molecule has 0 aliphatic carbocycles.